The molecule has 1 N–H and O–H groups in total. The normalized spacial score (nSPS) is 23.8. The van der Waals surface area contributed by atoms with Crippen molar-refractivity contribution >= 4 is 11.8 Å². The van der Waals surface area contributed by atoms with Gasteiger partial charge in [0.25, 0.3) is 0 Å². The van der Waals surface area contributed by atoms with Crippen molar-refractivity contribution in [3.05, 3.63) is 29.6 Å². The summed E-state index contributed by atoms with van der Waals surface area (Å²) in [6, 6.07) is 3.88. The van der Waals surface area contributed by atoms with Gasteiger partial charge in [0.05, 0.1) is 11.6 Å². The van der Waals surface area contributed by atoms with Gasteiger partial charge in [-0.15, -0.1) is 0 Å². The Morgan fingerprint density at radius 2 is 2.21 bits per heavy atom. The molecule has 0 aromatic carbocycles. The van der Waals surface area contributed by atoms with Crippen LogP contribution in [0.4, 0.5) is 0 Å². The van der Waals surface area contributed by atoms with Crippen LogP contribution in [-0.2, 0) is 16.1 Å². The van der Waals surface area contributed by atoms with E-state index in [9.17, 15) is 14.7 Å². The number of aromatic nitrogens is 1. The Labute approximate surface area is 142 Å². The van der Waals surface area contributed by atoms with Gasteiger partial charge in [-0.3, -0.25) is 14.6 Å². The van der Waals surface area contributed by atoms with Gasteiger partial charge in [-0.1, -0.05) is 6.07 Å². The van der Waals surface area contributed by atoms with Crippen LogP contribution in [-0.4, -0.2) is 57.4 Å². The Morgan fingerprint density at radius 3 is 2.96 bits per heavy atom. The molecular weight excluding hydrogens is 306 g/mol. The maximum Gasteiger partial charge on any atom is 0.233 e. The average molecular weight is 331 g/mol. The number of amides is 2. The van der Waals surface area contributed by atoms with E-state index in [-0.39, 0.29) is 24.5 Å². The number of carbonyl (C=O) groups excluding carboxylic acids is 2. The summed E-state index contributed by atoms with van der Waals surface area (Å²) >= 11 is 0. The van der Waals surface area contributed by atoms with Gasteiger partial charge < -0.3 is 14.9 Å². The van der Waals surface area contributed by atoms with E-state index in [0.717, 1.165) is 37.1 Å². The molecule has 130 valence electrons. The summed E-state index contributed by atoms with van der Waals surface area (Å²) < 4.78 is 0. The molecule has 2 amide bonds. The lowest BCUT2D eigenvalue weighted by molar-refractivity contribution is -0.139. The minimum absolute atomic E-state index is 0.0205. The lowest BCUT2D eigenvalue weighted by Gasteiger charge is -2.40. The molecule has 2 unspecified atom stereocenters. The first kappa shape index (κ1) is 16.9. The van der Waals surface area contributed by atoms with E-state index in [4.69, 9.17) is 0 Å². The van der Waals surface area contributed by atoms with Crippen molar-refractivity contribution in [2.24, 2.45) is 0 Å². The molecule has 1 aromatic heterocycles. The Balaban J connectivity index is 1.88. The van der Waals surface area contributed by atoms with Gasteiger partial charge in [0.2, 0.25) is 11.8 Å². The number of carbonyl (C=O) groups is 2. The minimum Gasteiger partial charge on any atom is -0.396 e. The Bertz CT molecular complexity index is 617. The average Bonchev–Trinajstić information content (AvgIpc) is 2.61. The molecule has 6 nitrogen and oxygen atoms in total. The molecule has 0 radical (unpaired) electrons. The van der Waals surface area contributed by atoms with E-state index in [1.807, 2.05) is 17.0 Å². The zero-order chi connectivity index (χ0) is 17.1. The number of aliphatic hydroxyl groups is 1. The van der Waals surface area contributed by atoms with Gasteiger partial charge in [-0.25, -0.2) is 0 Å². The Kier molecular flexibility index (Phi) is 5.14. The van der Waals surface area contributed by atoms with Crippen LogP contribution in [0.25, 0.3) is 0 Å². The lowest BCUT2D eigenvalue weighted by atomic mass is 9.90. The zero-order valence-electron chi connectivity index (χ0n) is 14.1. The molecule has 6 heteroatoms. The largest absolute Gasteiger partial charge is 0.396 e. The highest BCUT2D eigenvalue weighted by Gasteiger charge is 2.37. The van der Waals surface area contributed by atoms with Crippen LogP contribution in [0.5, 0.6) is 0 Å². The Hall–Kier alpha value is -1.95. The first-order valence-corrected chi connectivity index (χ1v) is 8.72. The summed E-state index contributed by atoms with van der Waals surface area (Å²) in [4.78, 5) is 33.2. The molecule has 1 saturated heterocycles. The molecule has 24 heavy (non-hydrogen) atoms. The molecule has 0 spiro atoms. The molecule has 0 bridgehead atoms. The van der Waals surface area contributed by atoms with Crippen molar-refractivity contribution in [2.75, 3.05) is 19.7 Å². The topological polar surface area (TPSA) is 73.7 Å². The van der Waals surface area contributed by atoms with Crippen LogP contribution in [0.15, 0.2) is 18.3 Å². The molecule has 0 saturated carbocycles. The summed E-state index contributed by atoms with van der Waals surface area (Å²) in [7, 11) is 0. The third kappa shape index (κ3) is 3.29. The third-order valence-electron chi connectivity index (χ3n) is 5.14. The second-order valence-electron chi connectivity index (χ2n) is 6.69. The van der Waals surface area contributed by atoms with Gasteiger partial charge in [0.1, 0.15) is 0 Å². The van der Waals surface area contributed by atoms with Crippen molar-refractivity contribution in [2.45, 2.75) is 51.1 Å². The number of fused-ring (bicyclic) bond motifs is 1. The second-order valence-corrected chi connectivity index (χ2v) is 6.69. The molecule has 0 aliphatic carbocycles. The predicted molar refractivity (Wildman–Crippen MR) is 89.1 cm³/mol. The van der Waals surface area contributed by atoms with Crippen molar-refractivity contribution in [3.63, 3.8) is 0 Å². The van der Waals surface area contributed by atoms with E-state index < -0.39 is 5.92 Å². The first-order valence-electron chi connectivity index (χ1n) is 8.72. The highest BCUT2D eigenvalue weighted by molar-refractivity contribution is 5.86. The van der Waals surface area contributed by atoms with E-state index >= 15 is 0 Å². The van der Waals surface area contributed by atoms with Gasteiger partial charge in [-0.05, 0) is 37.3 Å². The van der Waals surface area contributed by atoms with Crippen LogP contribution in [0.2, 0.25) is 0 Å². The first-order chi connectivity index (χ1) is 11.6. The highest BCUT2D eigenvalue weighted by Crippen LogP contribution is 2.31. The molecule has 1 fully saturated rings. The van der Waals surface area contributed by atoms with Gasteiger partial charge in [0.15, 0.2) is 0 Å². The number of nitrogens with zero attached hydrogens (tertiary/aromatic N) is 3. The van der Waals surface area contributed by atoms with Gasteiger partial charge in [0, 0.05) is 45.4 Å². The summed E-state index contributed by atoms with van der Waals surface area (Å²) in [5, 5.41) is 9.30. The monoisotopic (exact) mass is 331 g/mol. The SMILES string of the molecule is CC(=O)N1Cc2cccnc2C(C(=O)N2CCCCC2CCO)C1. The van der Waals surface area contributed by atoms with E-state index in [1.54, 1.807) is 18.0 Å². The van der Waals surface area contributed by atoms with E-state index in [0.29, 0.717) is 19.5 Å². The second kappa shape index (κ2) is 7.30. The predicted octanol–water partition coefficient (Wildman–Crippen LogP) is 1.29. The molecule has 2 aliphatic rings. The number of hydrogen-bond acceptors (Lipinski definition) is 4. The fourth-order valence-corrected chi connectivity index (χ4v) is 3.85. The standard InChI is InChI=1S/C18H25N3O3/c1-13(23)20-11-14-5-4-8-19-17(14)16(12-20)18(24)21-9-3-2-6-15(21)7-10-22/h4-5,8,15-16,22H,2-3,6-7,9-12H2,1H3. The van der Waals surface area contributed by atoms with Crippen LogP contribution in [0, 0.1) is 0 Å². The minimum atomic E-state index is -0.404. The fraction of sp³-hybridized carbons (Fsp3) is 0.611. The molecular formula is C18H25N3O3. The van der Waals surface area contributed by atoms with Crippen LogP contribution >= 0.6 is 0 Å². The number of rotatable bonds is 3. The Morgan fingerprint density at radius 1 is 1.38 bits per heavy atom. The smallest absolute Gasteiger partial charge is 0.233 e. The summed E-state index contributed by atoms with van der Waals surface area (Å²) in [5.41, 5.74) is 1.75. The molecule has 3 rings (SSSR count). The number of aliphatic hydroxyl groups excluding tert-OH is 1. The number of pyridine rings is 1. The lowest BCUT2D eigenvalue weighted by Crippen LogP contribution is -2.50. The molecule has 3 heterocycles. The van der Waals surface area contributed by atoms with Crippen molar-refractivity contribution in [1.29, 1.82) is 0 Å². The summed E-state index contributed by atoms with van der Waals surface area (Å²) in [5.74, 6) is -0.384. The summed E-state index contributed by atoms with van der Waals surface area (Å²) in [6.07, 6.45) is 5.35. The van der Waals surface area contributed by atoms with Crippen molar-refractivity contribution in [3.8, 4) is 0 Å². The van der Waals surface area contributed by atoms with E-state index in [2.05, 4.69) is 4.98 Å². The van der Waals surface area contributed by atoms with Gasteiger partial charge >= 0.3 is 0 Å². The van der Waals surface area contributed by atoms with Crippen LogP contribution in [0.1, 0.15) is 49.8 Å². The van der Waals surface area contributed by atoms with Gasteiger partial charge in [-0.2, -0.15) is 0 Å². The number of piperidine rings is 1. The van der Waals surface area contributed by atoms with Crippen molar-refractivity contribution in [1.82, 2.24) is 14.8 Å². The van der Waals surface area contributed by atoms with Crippen molar-refractivity contribution < 1.29 is 14.7 Å². The molecule has 2 atom stereocenters. The van der Waals surface area contributed by atoms with Crippen LogP contribution in [0.3, 0.4) is 0 Å². The van der Waals surface area contributed by atoms with E-state index in [1.165, 1.54) is 0 Å². The maximum atomic E-state index is 13.2. The number of likely N-dealkylation sites (tertiary alicyclic amines) is 1. The highest BCUT2D eigenvalue weighted by atomic mass is 16.3. The van der Waals surface area contributed by atoms with Crippen LogP contribution < -0.4 is 0 Å². The summed E-state index contributed by atoms with van der Waals surface area (Å²) in [6.45, 7) is 3.26. The quantitative estimate of drug-likeness (QED) is 0.906. The molecule has 1 aromatic rings. The zero-order valence-corrected chi connectivity index (χ0v) is 14.1. The third-order valence-corrected chi connectivity index (χ3v) is 5.14. The maximum absolute atomic E-state index is 13.2. The number of hydrogen-bond donors (Lipinski definition) is 1. The molecule has 2 aliphatic heterocycles. The fourth-order valence-electron chi connectivity index (χ4n) is 3.85.